The maximum atomic E-state index is 11.9. The average molecular weight is 291 g/mol. The number of anilines is 1. The third-order valence-electron chi connectivity index (χ3n) is 2.78. The van der Waals surface area contributed by atoms with Crippen LogP contribution in [0.4, 0.5) is 5.69 Å². The molecular weight excluding hydrogens is 274 g/mol. The van der Waals surface area contributed by atoms with Crippen LogP contribution in [0.5, 0.6) is 0 Å². The first-order chi connectivity index (χ1) is 9.70. The third-order valence-corrected chi connectivity index (χ3v) is 3.42. The van der Waals surface area contributed by atoms with Gasteiger partial charge in [-0.2, -0.15) is 11.8 Å². The Morgan fingerprint density at radius 2 is 2.40 bits per heavy atom. The molecule has 106 valence electrons. The normalized spacial score (nSPS) is 12.1. The molecule has 6 heteroatoms. The van der Waals surface area contributed by atoms with Crippen LogP contribution in [0, 0.1) is 0 Å². The Hall–Kier alpha value is -1.79. The summed E-state index contributed by atoms with van der Waals surface area (Å²) in [5.41, 5.74) is 7.32. The highest BCUT2D eigenvalue weighted by atomic mass is 32.2. The van der Waals surface area contributed by atoms with Gasteiger partial charge in [-0.25, -0.2) is 4.98 Å². The van der Waals surface area contributed by atoms with Gasteiger partial charge in [0, 0.05) is 11.3 Å². The number of carbonyl (C=O) groups is 1. The van der Waals surface area contributed by atoms with E-state index in [0.29, 0.717) is 18.0 Å². The van der Waals surface area contributed by atoms with Crippen molar-refractivity contribution < 1.29 is 9.21 Å². The van der Waals surface area contributed by atoms with E-state index >= 15 is 0 Å². The van der Waals surface area contributed by atoms with Crippen molar-refractivity contribution in [3.05, 3.63) is 36.7 Å². The van der Waals surface area contributed by atoms with Gasteiger partial charge in [0.1, 0.15) is 6.26 Å². The zero-order valence-electron chi connectivity index (χ0n) is 11.2. The van der Waals surface area contributed by atoms with Crippen LogP contribution in [0.25, 0.3) is 11.5 Å². The monoisotopic (exact) mass is 291 g/mol. The molecule has 1 amide bonds. The van der Waals surface area contributed by atoms with Crippen molar-refractivity contribution >= 4 is 23.4 Å². The number of thioether (sulfide) groups is 1. The fourth-order valence-corrected chi connectivity index (χ4v) is 2.20. The van der Waals surface area contributed by atoms with Gasteiger partial charge in [0.05, 0.1) is 12.2 Å². The highest BCUT2D eigenvalue weighted by molar-refractivity contribution is 7.98. The van der Waals surface area contributed by atoms with E-state index in [1.165, 1.54) is 6.26 Å². The minimum atomic E-state index is -0.493. The first-order valence-corrected chi connectivity index (χ1v) is 7.65. The molecule has 1 unspecified atom stereocenters. The predicted octanol–water partition coefficient (Wildman–Crippen LogP) is 2.36. The molecule has 0 bridgehead atoms. The van der Waals surface area contributed by atoms with Gasteiger partial charge in [-0.1, -0.05) is 6.07 Å². The number of nitrogens with two attached hydrogens (primary N) is 1. The minimum absolute atomic E-state index is 0.177. The summed E-state index contributed by atoms with van der Waals surface area (Å²) in [6.45, 7) is 0. The summed E-state index contributed by atoms with van der Waals surface area (Å²) in [4.78, 5) is 16.0. The summed E-state index contributed by atoms with van der Waals surface area (Å²) in [6, 6.07) is 6.84. The molecule has 1 heterocycles. The van der Waals surface area contributed by atoms with Gasteiger partial charge in [-0.3, -0.25) is 4.79 Å². The molecule has 0 aliphatic heterocycles. The number of hydrogen-bond acceptors (Lipinski definition) is 5. The number of amides is 1. The van der Waals surface area contributed by atoms with Gasteiger partial charge in [0.25, 0.3) is 0 Å². The Morgan fingerprint density at radius 1 is 1.55 bits per heavy atom. The van der Waals surface area contributed by atoms with Crippen LogP contribution in [0.2, 0.25) is 0 Å². The Balaban J connectivity index is 2.03. The van der Waals surface area contributed by atoms with Crippen molar-refractivity contribution in [2.75, 3.05) is 17.3 Å². The summed E-state index contributed by atoms with van der Waals surface area (Å²) in [5.74, 6) is 1.21. The predicted molar refractivity (Wildman–Crippen MR) is 81.5 cm³/mol. The average Bonchev–Trinajstić information content (AvgIpc) is 2.99. The fourth-order valence-electron chi connectivity index (χ4n) is 1.71. The van der Waals surface area contributed by atoms with E-state index in [2.05, 4.69) is 10.3 Å². The number of aromatic nitrogens is 1. The van der Waals surface area contributed by atoms with E-state index in [-0.39, 0.29) is 5.91 Å². The van der Waals surface area contributed by atoms with Crippen LogP contribution >= 0.6 is 11.8 Å². The number of oxazole rings is 1. The second-order valence-electron chi connectivity index (χ2n) is 4.30. The summed E-state index contributed by atoms with van der Waals surface area (Å²) >= 11 is 1.67. The molecule has 2 rings (SSSR count). The lowest BCUT2D eigenvalue weighted by molar-refractivity contribution is -0.117. The lowest BCUT2D eigenvalue weighted by atomic mass is 10.2. The van der Waals surface area contributed by atoms with Crippen LogP contribution in [0.1, 0.15) is 6.42 Å². The second-order valence-corrected chi connectivity index (χ2v) is 5.28. The van der Waals surface area contributed by atoms with Gasteiger partial charge in [0.15, 0.2) is 0 Å². The number of nitrogens with one attached hydrogen (secondary N) is 1. The van der Waals surface area contributed by atoms with Crippen molar-refractivity contribution in [1.82, 2.24) is 4.98 Å². The second kappa shape index (κ2) is 7.12. The van der Waals surface area contributed by atoms with Crippen molar-refractivity contribution in [1.29, 1.82) is 0 Å². The van der Waals surface area contributed by atoms with Gasteiger partial charge in [-0.15, -0.1) is 0 Å². The molecule has 0 aliphatic rings. The molecule has 0 radical (unpaired) electrons. The number of carbonyl (C=O) groups excluding carboxylic acids is 1. The van der Waals surface area contributed by atoms with Crippen molar-refractivity contribution in [2.24, 2.45) is 5.73 Å². The number of benzene rings is 1. The molecule has 1 aromatic heterocycles. The van der Waals surface area contributed by atoms with E-state index in [4.69, 9.17) is 10.2 Å². The van der Waals surface area contributed by atoms with Gasteiger partial charge < -0.3 is 15.5 Å². The lowest BCUT2D eigenvalue weighted by Gasteiger charge is -2.12. The summed E-state index contributed by atoms with van der Waals surface area (Å²) in [5, 5.41) is 2.81. The number of hydrogen-bond donors (Lipinski definition) is 2. The molecule has 0 saturated carbocycles. The molecule has 1 aromatic carbocycles. The Morgan fingerprint density at radius 3 is 3.10 bits per heavy atom. The quantitative estimate of drug-likeness (QED) is 0.854. The Labute approximate surface area is 122 Å². The minimum Gasteiger partial charge on any atom is -0.445 e. The molecule has 3 N–H and O–H groups in total. The van der Waals surface area contributed by atoms with Crippen LogP contribution in [0.3, 0.4) is 0 Å². The smallest absolute Gasteiger partial charge is 0.241 e. The number of nitrogens with zero attached hydrogens (tertiary/aromatic N) is 1. The van der Waals surface area contributed by atoms with E-state index in [1.54, 1.807) is 18.0 Å². The highest BCUT2D eigenvalue weighted by Gasteiger charge is 2.13. The maximum absolute atomic E-state index is 11.9. The lowest BCUT2D eigenvalue weighted by Crippen LogP contribution is -2.36. The largest absolute Gasteiger partial charge is 0.445 e. The molecule has 0 spiro atoms. The topological polar surface area (TPSA) is 81.2 Å². The van der Waals surface area contributed by atoms with E-state index < -0.39 is 6.04 Å². The Bertz CT molecular complexity index is 557. The number of rotatable bonds is 6. The van der Waals surface area contributed by atoms with E-state index in [9.17, 15) is 4.79 Å². The summed E-state index contributed by atoms with van der Waals surface area (Å²) < 4.78 is 5.23. The zero-order valence-corrected chi connectivity index (χ0v) is 12.0. The SMILES string of the molecule is CSCCC(N)C(=O)Nc1cccc(-c2ncco2)c1. The summed E-state index contributed by atoms with van der Waals surface area (Å²) in [6.07, 6.45) is 5.74. The van der Waals surface area contributed by atoms with E-state index in [0.717, 1.165) is 11.3 Å². The van der Waals surface area contributed by atoms with Gasteiger partial charge in [-0.05, 0) is 36.6 Å². The Kier molecular flexibility index (Phi) is 5.20. The molecule has 2 aromatic rings. The molecule has 0 fully saturated rings. The van der Waals surface area contributed by atoms with Gasteiger partial charge in [0.2, 0.25) is 11.8 Å². The highest BCUT2D eigenvalue weighted by Crippen LogP contribution is 2.21. The first-order valence-electron chi connectivity index (χ1n) is 6.26. The maximum Gasteiger partial charge on any atom is 0.241 e. The van der Waals surface area contributed by atoms with Crippen LogP contribution in [0.15, 0.2) is 41.1 Å². The zero-order chi connectivity index (χ0) is 14.4. The summed E-state index contributed by atoms with van der Waals surface area (Å²) in [7, 11) is 0. The van der Waals surface area contributed by atoms with Crippen molar-refractivity contribution in [2.45, 2.75) is 12.5 Å². The van der Waals surface area contributed by atoms with Crippen LogP contribution < -0.4 is 11.1 Å². The van der Waals surface area contributed by atoms with Gasteiger partial charge >= 0.3 is 0 Å². The molecular formula is C14H17N3O2S. The van der Waals surface area contributed by atoms with Crippen molar-refractivity contribution in [3.63, 3.8) is 0 Å². The molecule has 0 saturated heterocycles. The molecule has 1 atom stereocenters. The molecule has 20 heavy (non-hydrogen) atoms. The van der Waals surface area contributed by atoms with Crippen LogP contribution in [-0.4, -0.2) is 28.9 Å². The molecule has 5 nitrogen and oxygen atoms in total. The molecule has 0 aliphatic carbocycles. The third kappa shape index (κ3) is 3.85. The van der Waals surface area contributed by atoms with Crippen LogP contribution in [-0.2, 0) is 4.79 Å². The first kappa shape index (κ1) is 14.6. The standard InChI is InChI=1S/C14H17N3O2S/c1-20-8-5-12(15)13(18)17-11-4-2-3-10(9-11)14-16-6-7-19-14/h2-4,6-7,9,12H,5,8,15H2,1H3,(H,17,18). The van der Waals surface area contributed by atoms with E-state index in [1.807, 2.05) is 30.5 Å². The fraction of sp³-hybridized carbons (Fsp3) is 0.286. The van der Waals surface area contributed by atoms with Crippen molar-refractivity contribution in [3.8, 4) is 11.5 Å².